The van der Waals surface area contributed by atoms with Gasteiger partial charge < -0.3 is 11.1 Å². The summed E-state index contributed by atoms with van der Waals surface area (Å²) in [4.78, 5) is 12.4. The first-order chi connectivity index (χ1) is 11.9. The number of hydrogen-bond acceptors (Lipinski definition) is 4. The van der Waals surface area contributed by atoms with Gasteiger partial charge >= 0.3 is 0 Å². The Morgan fingerprint density at radius 2 is 1.92 bits per heavy atom. The molecular formula is C18H27N3O3S. The van der Waals surface area contributed by atoms with Gasteiger partial charge in [-0.3, -0.25) is 4.79 Å². The molecule has 1 saturated heterocycles. The molecule has 138 valence electrons. The second-order valence-corrected chi connectivity index (χ2v) is 9.09. The molecule has 1 aliphatic carbocycles. The van der Waals surface area contributed by atoms with Crippen LogP contribution in [0.25, 0.3) is 0 Å². The minimum atomic E-state index is -3.50. The van der Waals surface area contributed by atoms with Crippen LogP contribution in [-0.2, 0) is 10.0 Å². The Kier molecular flexibility index (Phi) is 5.46. The summed E-state index contributed by atoms with van der Waals surface area (Å²) in [6, 6.07) is 6.20. The smallest absolute Gasteiger partial charge is 0.251 e. The zero-order valence-corrected chi connectivity index (χ0v) is 15.5. The highest BCUT2D eigenvalue weighted by Gasteiger charge is 2.31. The fraction of sp³-hybridized carbons (Fsp3) is 0.611. The number of nitrogens with one attached hydrogen (secondary N) is 1. The number of nitrogens with two attached hydrogens (primary N) is 1. The fourth-order valence-electron chi connectivity index (χ4n) is 3.35. The summed E-state index contributed by atoms with van der Waals surface area (Å²) in [5.41, 5.74) is 6.44. The summed E-state index contributed by atoms with van der Waals surface area (Å²) >= 11 is 0. The summed E-state index contributed by atoms with van der Waals surface area (Å²) in [6.45, 7) is 2.96. The molecule has 1 amide bonds. The number of rotatable bonds is 6. The third-order valence-electron chi connectivity index (χ3n) is 5.19. The Morgan fingerprint density at radius 3 is 2.52 bits per heavy atom. The van der Waals surface area contributed by atoms with Gasteiger partial charge in [0.15, 0.2) is 0 Å². The molecule has 0 radical (unpaired) electrons. The van der Waals surface area contributed by atoms with Crippen LogP contribution in [0.15, 0.2) is 29.2 Å². The number of amides is 1. The molecule has 7 heteroatoms. The lowest BCUT2D eigenvalue weighted by Crippen LogP contribution is -2.41. The van der Waals surface area contributed by atoms with Crippen molar-refractivity contribution in [1.82, 2.24) is 9.62 Å². The van der Waals surface area contributed by atoms with Crippen molar-refractivity contribution in [1.29, 1.82) is 0 Å². The van der Waals surface area contributed by atoms with Crippen molar-refractivity contribution in [3.8, 4) is 0 Å². The van der Waals surface area contributed by atoms with Gasteiger partial charge in [-0.05, 0) is 62.8 Å². The van der Waals surface area contributed by atoms with E-state index in [0.29, 0.717) is 24.6 Å². The van der Waals surface area contributed by atoms with E-state index in [1.54, 1.807) is 16.4 Å². The molecule has 1 aliphatic heterocycles. The van der Waals surface area contributed by atoms with Crippen molar-refractivity contribution in [2.45, 2.75) is 56.0 Å². The maximum Gasteiger partial charge on any atom is 0.251 e. The largest absolute Gasteiger partial charge is 0.350 e. The highest BCUT2D eigenvalue weighted by Crippen LogP contribution is 2.31. The van der Waals surface area contributed by atoms with Crippen molar-refractivity contribution < 1.29 is 13.2 Å². The van der Waals surface area contributed by atoms with Crippen LogP contribution in [0.2, 0.25) is 0 Å². The number of carbonyl (C=O) groups excluding carboxylic acids is 1. The van der Waals surface area contributed by atoms with Crippen molar-refractivity contribution in [3.63, 3.8) is 0 Å². The van der Waals surface area contributed by atoms with E-state index in [2.05, 4.69) is 5.32 Å². The number of benzene rings is 1. The average Bonchev–Trinajstić information content (AvgIpc) is 3.45. The van der Waals surface area contributed by atoms with E-state index in [1.807, 2.05) is 6.92 Å². The first-order valence-electron chi connectivity index (χ1n) is 9.05. The number of hydrogen-bond donors (Lipinski definition) is 2. The molecule has 3 N–H and O–H groups in total. The summed E-state index contributed by atoms with van der Waals surface area (Å²) in [7, 11) is -3.50. The third kappa shape index (κ3) is 4.22. The Bertz CT molecular complexity index is 714. The van der Waals surface area contributed by atoms with Crippen LogP contribution in [0, 0.1) is 5.92 Å². The van der Waals surface area contributed by atoms with Crippen LogP contribution in [0.1, 0.15) is 49.4 Å². The molecule has 25 heavy (non-hydrogen) atoms. The number of nitrogens with zero attached hydrogens (tertiary/aromatic N) is 1. The van der Waals surface area contributed by atoms with E-state index in [9.17, 15) is 13.2 Å². The van der Waals surface area contributed by atoms with Gasteiger partial charge in [0, 0.05) is 30.7 Å². The minimum Gasteiger partial charge on any atom is -0.350 e. The van der Waals surface area contributed by atoms with E-state index in [0.717, 1.165) is 32.1 Å². The van der Waals surface area contributed by atoms with Gasteiger partial charge in [0.1, 0.15) is 0 Å². The number of sulfonamides is 1. The molecule has 2 aliphatic rings. The highest BCUT2D eigenvalue weighted by molar-refractivity contribution is 7.89. The zero-order valence-electron chi connectivity index (χ0n) is 14.6. The summed E-state index contributed by atoms with van der Waals surface area (Å²) in [5.74, 6) is 0.311. The molecule has 2 unspecified atom stereocenters. The van der Waals surface area contributed by atoms with Crippen LogP contribution in [0.5, 0.6) is 0 Å². The van der Waals surface area contributed by atoms with Crippen LogP contribution in [-0.4, -0.2) is 43.8 Å². The summed E-state index contributed by atoms with van der Waals surface area (Å²) in [6.07, 6.45) is 5.12. The van der Waals surface area contributed by atoms with Crippen molar-refractivity contribution >= 4 is 15.9 Å². The van der Waals surface area contributed by atoms with E-state index >= 15 is 0 Å². The molecule has 6 nitrogen and oxygen atoms in total. The second kappa shape index (κ2) is 7.43. The molecule has 1 heterocycles. The molecule has 0 spiro atoms. The van der Waals surface area contributed by atoms with Gasteiger partial charge in [0.05, 0.1) is 4.90 Å². The Morgan fingerprint density at radius 1 is 1.24 bits per heavy atom. The minimum absolute atomic E-state index is 0.00388. The molecule has 1 saturated carbocycles. The van der Waals surface area contributed by atoms with Crippen LogP contribution in [0.4, 0.5) is 0 Å². The maximum absolute atomic E-state index is 12.8. The van der Waals surface area contributed by atoms with Gasteiger partial charge in [-0.2, -0.15) is 4.31 Å². The van der Waals surface area contributed by atoms with Crippen LogP contribution < -0.4 is 11.1 Å². The zero-order chi connectivity index (χ0) is 18.0. The lowest BCUT2D eigenvalue weighted by molar-refractivity contribution is 0.0950. The van der Waals surface area contributed by atoms with E-state index in [4.69, 9.17) is 5.73 Å². The molecule has 3 rings (SSSR count). The molecule has 1 aromatic carbocycles. The fourth-order valence-corrected chi connectivity index (χ4v) is 5.05. The van der Waals surface area contributed by atoms with Gasteiger partial charge in [0.25, 0.3) is 5.91 Å². The highest BCUT2D eigenvalue weighted by atomic mass is 32.2. The summed E-state index contributed by atoms with van der Waals surface area (Å²) < 4.78 is 27.1. The molecule has 2 fully saturated rings. The van der Waals surface area contributed by atoms with Gasteiger partial charge in [-0.25, -0.2) is 8.42 Å². The van der Waals surface area contributed by atoms with Crippen molar-refractivity contribution in [3.05, 3.63) is 29.8 Å². The Balaban J connectivity index is 1.65. The van der Waals surface area contributed by atoms with E-state index in [-0.39, 0.29) is 22.9 Å². The first kappa shape index (κ1) is 18.4. The monoisotopic (exact) mass is 365 g/mol. The third-order valence-corrected chi connectivity index (χ3v) is 7.22. The predicted octanol–water partition coefficient (Wildman–Crippen LogP) is 1.72. The van der Waals surface area contributed by atoms with Crippen molar-refractivity contribution in [2.24, 2.45) is 11.7 Å². The second-order valence-electron chi connectivity index (χ2n) is 7.20. The topological polar surface area (TPSA) is 92.5 Å². The number of carbonyl (C=O) groups is 1. The summed E-state index contributed by atoms with van der Waals surface area (Å²) in [5, 5.41) is 2.82. The Labute approximate surface area is 149 Å². The molecule has 0 aromatic heterocycles. The first-order valence-corrected chi connectivity index (χ1v) is 10.5. The van der Waals surface area contributed by atoms with Crippen LogP contribution in [0.3, 0.4) is 0 Å². The lowest BCUT2D eigenvalue weighted by atomic mass is 10.1. The molecule has 1 aromatic rings. The quantitative estimate of drug-likeness (QED) is 0.803. The van der Waals surface area contributed by atoms with Crippen LogP contribution >= 0.6 is 0 Å². The lowest BCUT2D eigenvalue weighted by Gasteiger charge is -2.32. The van der Waals surface area contributed by atoms with Crippen molar-refractivity contribution in [2.75, 3.05) is 13.1 Å². The van der Waals surface area contributed by atoms with Gasteiger partial charge in [0.2, 0.25) is 10.0 Å². The van der Waals surface area contributed by atoms with E-state index < -0.39 is 10.0 Å². The molecular weight excluding hydrogens is 338 g/mol. The standard InChI is InChI=1S/C18H27N3O3S/c1-13-4-2-3-11-21(13)25(23,24)16-9-7-15(8-10-16)18(22)20-12-17(19)14-5-6-14/h7-10,13-14,17H,2-6,11-12,19H2,1H3,(H,20,22). The van der Waals surface area contributed by atoms with E-state index in [1.165, 1.54) is 12.1 Å². The number of piperidine rings is 1. The van der Waals surface area contributed by atoms with Gasteiger partial charge in [-0.15, -0.1) is 0 Å². The Hall–Kier alpha value is -1.44. The molecule has 0 bridgehead atoms. The maximum atomic E-state index is 12.8. The van der Waals surface area contributed by atoms with Gasteiger partial charge in [-0.1, -0.05) is 6.42 Å². The normalized spacial score (nSPS) is 23.2. The molecule has 2 atom stereocenters. The predicted molar refractivity (Wildman–Crippen MR) is 96.7 cm³/mol. The SMILES string of the molecule is CC1CCCCN1S(=O)(=O)c1ccc(C(=O)NCC(N)C2CC2)cc1. The average molecular weight is 365 g/mol.